The van der Waals surface area contributed by atoms with Crippen LogP contribution in [-0.2, 0) is 84.0 Å². The van der Waals surface area contributed by atoms with Crippen molar-refractivity contribution in [1.82, 2.24) is 0 Å². The third kappa shape index (κ3) is 15.1. The van der Waals surface area contributed by atoms with E-state index >= 15 is 0 Å². The smallest absolute Gasteiger partial charge is 0.395 e. The maximum atomic E-state index is 12.8. The fourth-order valence-electron chi connectivity index (χ4n) is 5.04. The molecule has 0 aliphatic carbocycles. The van der Waals surface area contributed by atoms with E-state index in [0.717, 1.165) is 43.3 Å². The molecule has 4 aromatic rings. The molecule has 4 aromatic carbocycles. The third-order valence-corrected chi connectivity index (χ3v) is 14.9. The van der Waals surface area contributed by atoms with E-state index in [2.05, 4.69) is 44.4 Å². The fourth-order valence-corrected chi connectivity index (χ4v) is 10.2. The van der Waals surface area contributed by atoms with Crippen molar-refractivity contribution in [2.75, 3.05) is 41.5 Å². The number of nitrogens with zero attached hydrogens (tertiary/aromatic N) is 6. The van der Waals surface area contributed by atoms with Gasteiger partial charge in [-0.05, 0) is 60.7 Å². The van der Waals surface area contributed by atoms with Gasteiger partial charge in [0.1, 0.15) is 48.8 Å². The molecule has 0 bridgehead atoms. The summed E-state index contributed by atoms with van der Waals surface area (Å²) in [5.74, 6) is -2.91. The predicted octanol–water partition coefficient (Wildman–Crippen LogP) is 2.98. The summed E-state index contributed by atoms with van der Waals surface area (Å²) < 4.78 is 224. The van der Waals surface area contributed by atoms with Crippen LogP contribution >= 0.6 is 0 Å². The molecule has 0 radical (unpaired) electrons. The first-order valence-electron chi connectivity index (χ1n) is 17.3. The Morgan fingerprint density at radius 3 is 1.19 bits per heavy atom. The Morgan fingerprint density at radius 1 is 0.500 bits per heavy atom. The number of nitrogen functional groups attached to an aromatic ring is 2. The number of hydrogen-bond donors (Lipinski definition) is 8. The first-order chi connectivity index (χ1) is 31.0. The van der Waals surface area contributed by atoms with Crippen LogP contribution in [0.5, 0.6) is 0 Å². The molecule has 10 N–H and O–H groups in total. The Morgan fingerprint density at radius 2 is 0.838 bits per heavy atom. The van der Waals surface area contributed by atoms with Gasteiger partial charge in [0.25, 0.3) is 30.4 Å². The molecule has 0 atom stereocenters. The second-order valence-corrected chi connectivity index (χ2v) is 23.4. The van der Waals surface area contributed by atoms with E-state index < -0.39 is 171 Å². The minimum Gasteiger partial charge on any atom is -0.395 e. The zero-order valence-electron chi connectivity index (χ0n) is 33.5. The number of sulfone groups is 2. The SMILES string of the molecule is CC(=O)Nc1ccc(N=Nc2cc(N=Nc3ccc(S(=O)(=O)CCOS(=O)(=O)O)cc3S(=O)(=O)O)c(N)c(N=Nc3ccc(S(=O)(=O)CCOS(=O)(=O)O)cc3S(=O)(=O)O)c2N)c(S(=O)(=O)O)c1. The highest BCUT2D eigenvalue weighted by atomic mass is 32.3. The van der Waals surface area contributed by atoms with Gasteiger partial charge in [-0.25, -0.2) is 25.2 Å². The Bertz CT molecular complexity index is 3610. The van der Waals surface area contributed by atoms with E-state index in [1.165, 1.54) is 0 Å². The summed E-state index contributed by atoms with van der Waals surface area (Å²) >= 11 is 0. The molecule has 0 spiro atoms. The first-order valence-corrected chi connectivity index (χ1v) is 27.6. The average Bonchev–Trinajstić information content (AvgIpc) is 3.18. The highest BCUT2D eigenvalue weighted by molar-refractivity contribution is 7.92. The molecular weight excluding hydrogens is 1060 g/mol. The molecule has 0 aliphatic rings. The van der Waals surface area contributed by atoms with Crippen LogP contribution in [-0.4, -0.2) is 112 Å². The first kappa shape index (κ1) is 54.7. The molecule has 0 saturated heterocycles. The van der Waals surface area contributed by atoms with Crippen LogP contribution < -0.4 is 16.8 Å². The van der Waals surface area contributed by atoms with Gasteiger partial charge in [-0.1, -0.05) is 0 Å². The largest absolute Gasteiger partial charge is 0.397 e. The van der Waals surface area contributed by atoms with Crippen molar-refractivity contribution in [1.29, 1.82) is 0 Å². The summed E-state index contributed by atoms with van der Waals surface area (Å²) in [7, 11) is -35.3. The van der Waals surface area contributed by atoms with E-state index in [1.807, 2.05) is 0 Å². The number of anilines is 3. The molecule has 38 heteroatoms. The molecule has 0 fully saturated rings. The topological polar surface area (TPSA) is 514 Å². The minimum atomic E-state index is -5.40. The maximum Gasteiger partial charge on any atom is 0.397 e. The molecule has 68 heavy (non-hydrogen) atoms. The van der Waals surface area contributed by atoms with Crippen LogP contribution in [0.25, 0.3) is 0 Å². The number of rotatable bonds is 20. The minimum absolute atomic E-state index is 0.122. The Balaban J connectivity index is 1.94. The second-order valence-electron chi connectivity index (χ2n) is 12.9. The molecule has 4 rings (SSSR count). The van der Waals surface area contributed by atoms with Crippen molar-refractivity contribution in [3.8, 4) is 0 Å². The number of nitrogens with one attached hydrogen (secondary N) is 1. The molecule has 0 aliphatic heterocycles. The molecule has 31 nitrogen and oxygen atoms in total. The summed E-state index contributed by atoms with van der Waals surface area (Å²) in [6.07, 6.45) is 0. The summed E-state index contributed by atoms with van der Waals surface area (Å²) in [5.41, 5.74) is 6.82. The molecule has 370 valence electrons. The molecular formula is C30H31N9O22S7. The lowest BCUT2D eigenvalue weighted by Crippen LogP contribution is -2.16. The number of benzene rings is 4. The summed E-state index contributed by atoms with van der Waals surface area (Å²) in [4.78, 5) is 6.49. The normalized spacial score (nSPS) is 13.4. The van der Waals surface area contributed by atoms with Crippen molar-refractivity contribution < 1.29 is 94.8 Å². The van der Waals surface area contributed by atoms with Gasteiger partial charge in [0, 0.05) is 12.6 Å². The van der Waals surface area contributed by atoms with Gasteiger partial charge in [0.15, 0.2) is 19.7 Å². The van der Waals surface area contributed by atoms with Crippen molar-refractivity contribution in [3.63, 3.8) is 0 Å². The number of hydrogen-bond acceptors (Lipinski definition) is 25. The van der Waals surface area contributed by atoms with Gasteiger partial charge in [-0.15, -0.1) is 30.7 Å². The number of carbonyl (C=O) groups is 1. The monoisotopic (exact) mass is 1090 g/mol. The zero-order chi connectivity index (χ0) is 51.4. The van der Waals surface area contributed by atoms with Gasteiger partial charge < -0.3 is 16.8 Å². The van der Waals surface area contributed by atoms with Crippen molar-refractivity contribution in [2.45, 2.75) is 31.4 Å². The molecule has 0 heterocycles. The van der Waals surface area contributed by atoms with Crippen LogP contribution in [0.3, 0.4) is 0 Å². The Kier molecular flexibility index (Phi) is 16.4. The Hall–Kier alpha value is -5.88. The van der Waals surface area contributed by atoms with E-state index in [1.54, 1.807) is 0 Å². The van der Waals surface area contributed by atoms with Gasteiger partial charge >= 0.3 is 20.8 Å². The van der Waals surface area contributed by atoms with Gasteiger partial charge in [0.2, 0.25) is 5.91 Å². The quantitative estimate of drug-likeness (QED) is 0.0358. The maximum absolute atomic E-state index is 12.8. The number of azo groups is 3. The lowest BCUT2D eigenvalue weighted by molar-refractivity contribution is -0.114. The predicted molar refractivity (Wildman–Crippen MR) is 230 cm³/mol. The number of carbonyl (C=O) groups excluding carboxylic acids is 1. The molecule has 0 aromatic heterocycles. The molecule has 0 saturated carbocycles. The fraction of sp³-hybridized carbons (Fsp3) is 0.167. The van der Waals surface area contributed by atoms with Crippen molar-refractivity contribution in [2.24, 2.45) is 30.7 Å². The average molecular weight is 1090 g/mol. The zero-order valence-corrected chi connectivity index (χ0v) is 39.2. The van der Waals surface area contributed by atoms with Crippen LogP contribution in [0.2, 0.25) is 0 Å². The third-order valence-electron chi connectivity index (χ3n) is 7.99. The standard InChI is InChI=1S/C30H31N9O22S7/c1-16(40)33-17-2-5-20(25(12-17)64(45,46)47)34-37-23-15-24(38-35-21-6-3-18(13-26(21)65(48,49)50)62(41,42)10-8-60-67(54,55)56)29(32)30(28(23)31)39-36-22-7-4-19(14-27(22)66(51,52)53)63(43,44)11-9-61-68(57,58)59/h2-7,12-15H,8-11,31-32H2,1H3,(H,33,40)(H,45,46,47)(H,48,49,50)(H,51,52,53)(H,54,55,56)(H,57,58,59). The van der Waals surface area contributed by atoms with Crippen LogP contribution in [0.15, 0.2) is 116 Å². The number of amides is 1. The van der Waals surface area contributed by atoms with Crippen molar-refractivity contribution in [3.05, 3.63) is 60.7 Å². The lowest BCUT2D eigenvalue weighted by atomic mass is 10.2. The highest BCUT2D eigenvalue weighted by Gasteiger charge is 2.26. The van der Waals surface area contributed by atoms with Crippen LogP contribution in [0.4, 0.5) is 51.2 Å². The summed E-state index contributed by atoms with van der Waals surface area (Å²) in [5, 5.41) is 24.8. The van der Waals surface area contributed by atoms with E-state index in [4.69, 9.17) is 20.6 Å². The number of nitrogens with two attached hydrogens (primary N) is 2. The van der Waals surface area contributed by atoms with E-state index in [9.17, 15) is 77.4 Å². The van der Waals surface area contributed by atoms with Gasteiger partial charge in [-0.3, -0.25) is 27.6 Å². The van der Waals surface area contributed by atoms with E-state index in [0.29, 0.717) is 24.3 Å². The Labute approximate surface area is 385 Å². The summed E-state index contributed by atoms with van der Waals surface area (Å²) in [6, 6.07) is 7.35. The molecule has 0 unspecified atom stereocenters. The summed E-state index contributed by atoms with van der Waals surface area (Å²) in [6.45, 7) is -1.16. The second kappa shape index (κ2) is 20.4. The lowest BCUT2D eigenvalue weighted by Gasteiger charge is -2.11. The van der Waals surface area contributed by atoms with Gasteiger partial charge in [0.05, 0.1) is 45.9 Å². The van der Waals surface area contributed by atoms with Crippen molar-refractivity contribution >= 4 is 128 Å². The van der Waals surface area contributed by atoms with Gasteiger partial charge in [-0.2, -0.15) is 42.1 Å². The highest BCUT2D eigenvalue weighted by Crippen LogP contribution is 2.46. The molecule has 1 amide bonds. The van der Waals surface area contributed by atoms with Crippen LogP contribution in [0, 0.1) is 0 Å². The van der Waals surface area contributed by atoms with E-state index in [-0.39, 0.29) is 5.69 Å². The van der Waals surface area contributed by atoms with Crippen LogP contribution in [0.1, 0.15) is 6.92 Å².